The lowest BCUT2D eigenvalue weighted by atomic mass is 10.2. The molecule has 5 rings (SSSR count). The molecule has 0 saturated heterocycles. The molecule has 0 aliphatic heterocycles. The lowest BCUT2D eigenvalue weighted by molar-refractivity contribution is 0.465. The minimum Gasteiger partial charge on any atom is -0.426 e. The van der Waals surface area contributed by atoms with E-state index in [1.165, 1.54) is 15.9 Å². The zero-order valence-corrected chi connectivity index (χ0v) is 19.7. The number of rotatable bonds is 6. The van der Waals surface area contributed by atoms with Crippen LogP contribution in [0.3, 0.4) is 0 Å². The number of aromatic nitrogens is 1. The van der Waals surface area contributed by atoms with Crippen LogP contribution in [0.25, 0.3) is 12.2 Å². The summed E-state index contributed by atoms with van der Waals surface area (Å²) < 4.78 is 6.10. The molecule has 4 aromatic carbocycles. The van der Waals surface area contributed by atoms with E-state index in [0.717, 1.165) is 11.0 Å². The van der Waals surface area contributed by atoms with Crippen LogP contribution in [0.2, 0.25) is 0 Å². The molecule has 0 spiro atoms. The summed E-state index contributed by atoms with van der Waals surface area (Å²) in [7, 11) is -2.33. The SMILES string of the molecule is Sc1oc(C=Cc2ccccc2)nc1[P+](c1ccccc1)(c1ccccc1)c1ccccc1. The third-order valence-electron chi connectivity index (χ3n) is 5.57. The number of nitrogens with zero attached hydrogens (tertiary/aromatic N) is 1. The Morgan fingerprint density at radius 2 is 1.00 bits per heavy atom. The fourth-order valence-corrected chi connectivity index (χ4v) is 8.77. The zero-order chi connectivity index (χ0) is 22.5. The monoisotopic (exact) mass is 464 g/mol. The molecular formula is C29H23NOPS+. The Kier molecular flexibility index (Phi) is 6.26. The predicted octanol–water partition coefficient (Wildman–Crippen LogP) is 5.75. The Balaban J connectivity index is 1.75. The second kappa shape index (κ2) is 9.62. The van der Waals surface area contributed by atoms with Gasteiger partial charge in [0.15, 0.2) is 7.26 Å². The van der Waals surface area contributed by atoms with Gasteiger partial charge >= 0.3 is 0 Å². The molecule has 0 fully saturated rings. The van der Waals surface area contributed by atoms with Gasteiger partial charge in [0, 0.05) is 6.08 Å². The number of hydrogen-bond donors (Lipinski definition) is 1. The maximum Gasteiger partial charge on any atom is 0.250 e. The molecule has 5 aromatic rings. The predicted molar refractivity (Wildman–Crippen MR) is 144 cm³/mol. The van der Waals surface area contributed by atoms with Gasteiger partial charge in [-0.15, -0.1) is 0 Å². The van der Waals surface area contributed by atoms with Crippen molar-refractivity contribution in [2.24, 2.45) is 0 Å². The molecule has 160 valence electrons. The van der Waals surface area contributed by atoms with E-state index in [2.05, 4.69) is 84.9 Å². The summed E-state index contributed by atoms with van der Waals surface area (Å²) in [6.45, 7) is 0. The smallest absolute Gasteiger partial charge is 0.250 e. The van der Waals surface area contributed by atoms with Crippen molar-refractivity contribution >= 4 is 53.4 Å². The topological polar surface area (TPSA) is 26.0 Å². The second-order valence-corrected chi connectivity index (χ2v) is 11.3. The lowest BCUT2D eigenvalue weighted by Gasteiger charge is -2.25. The summed E-state index contributed by atoms with van der Waals surface area (Å²) in [5.74, 6) is 0.547. The molecule has 2 nitrogen and oxygen atoms in total. The molecule has 0 bridgehead atoms. The van der Waals surface area contributed by atoms with Gasteiger partial charge in [-0.25, -0.2) is 0 Å². The van der Waals surface area contributed by atoms with Crippen molar-refractivity contribution in [3.63, 3.8) is 0 Å². The average molecular weight is 465 g/mol. The van der Waals surface area contributed by atoms with Gasteiger partial charge in [-0.3, -0.25) is 0 Å². The average Bonchev–Trinajstić information content (AvgIpc) is 3.26. The lowest BCUT2D eigenvalue weighted by Crippen LogP contribution is -2.39. The fraction of sp³-hybridized carbons (Fsp3) is 0. The third-order valence-corrected chi connectivity index (χ3v) is 10.2. The molecule has 0 amide bonds. The van der Waals surface area contributed by atoms with Crippen molar-refractivity contribution in [2.45, 2.75) is 5.09 Å². The van der Waals surface area contributed by atoms with E-state index < -0.39 is 7.26 Å². The van der Waals surface area contributed by atoms with Crippen molar-refractivity contribution in [2.75, 3.05) is 0 Å². The van der Waals surface area contributed by atoms with Crippen molar-refractivity contribution in [1.82, 2.24) is 4.98 Å². The van der Waals surface area contributed by atoms with Crippen LogP contribution >= 0.6 is 19.9 Å². The molecule has 1 heterocycles. The first-order valence-corrected chi connectivity index (χ1v) is 13.0. The first kappa shape index (κ1) is 21.5. The Labute approximate surface area is 200 Å². The van der Waals surface area contributed by atoms with Gasteiger partial charge in [-0.2, -0.15) is 4.98 Å². The number of oxazole rings is 1. The van der Waals surface area contributed by atoms with Gasteiger partial charge in [0.1, 0.15) is 15.9 Å². The molecule has 1 aromatic heterocycles. The summed E-state index contributed by atoms with van der Waals surface area (Å²) in [5, 5.41) is 4.19. The van der Waals surface area contributed by atoms with Crippen molar-refractivity contribution in [3.05, 3.63) is 133 Å². The molecule has 0 N–H and O–H groups in total. The molecule has 0 unspecified atom stereocenters. The Morgan fingerprint density at radius 1 is 0.576 bits per heavy atom. The third kappa shape index (κ3) is 4.18. The van der Waals surface area contributed by atoms with Crippen molar-refractivity contribution in [3.8, 4) is 0 Å². The fourth-order valence-electron chi connectivity index (χ4n) is 4.11. The molecule has 0 aliphatic carbocycles. The standard InChI is InChI=1S/C29H22NOPS/c33-29-28(30-27(31-29)22-21-23-13-5-1-6-14-23)32(24-15-7-2-8-16-24,25-17-9-3-10-18-25)26-19-11-4-12-20-26/h1-22H/p+1. The van der Waals surface area contributed by atoms with Crippen LogP contribution in [0, 0.1) is 0 Å². The first-order chi connectivity index (χ1) is 16.3. The van der Waals surface area contributed by atoms with Gasteiger partial charge in [0.25, 0.3) is 5.44 Å². The molecule has 0 radical (unpaired) electrons. The number of thiol groups is 1. The summed E-state index contributed by atoms with van der Waals surface area (Å²) in [6.07, 6.45) is 3.92. The summed E-state index contributed by atoms with van der Waals surface area (Å²) in [5.41, 5.74) is 1.97. The normalized spacial score (nSPS) is 11.7. The Morgan fingerprint density at radius 3 is 1.45 bits per heavy atom. The molecule has 0 saturated carbocycles. The van der Waals surface area contributed by atoms with E-state index in [1.54, 1.807) is 0 Å². The summed E-state index contributed by atoms with van der Waals surface area (Å²) in [4.78, 5) is 5.05. The van der Waals surface area contributed by atoms with Gasteiger partial charge in [-0.1, -0.05) is 97.6 Å². The second-order valence-electron chi connectivity index (χ2n) is 7.60. The van der Waals surface area contributed by atoms with E-state index in [4.69, 9.17) is 22.0 Å². The van der Waals surface area contributed by atoms with Gasteiger partial charge < -0.3 is 4.42 Å². The summed E-state index contributed by atoms with van der Waals surface area (Å²) in [6, 6.07) is 41.9. The highest BCUT2D eigenvalue weighted by Gasteiger charge is 2.52. The quantitative estimate of drug-likeness (QED) is 0.256. The largest absolute Gasteiger partial charge is 0.426 e. The van der Waals surface area contributed by atoms with E-state index in [9.17, 15) is 0 Å². The van der Waals surface area contributed by atoms with Gasteiger partial charge in [0.05, 0.1) is 0 Å². The van der Waals surface area contributed by atoms with E-state index in [-0.39, 0.29) is 0 Å². The Hall–Kier alpha value is -3.39. The minimum absolute atomic E-state index is 0.547. The van der Waals surface area contributed by atoms with Crippen LogP contribution in [0.4, 0.5) is 0 Å². The van der Waals surface area contributed by atoms with Gasteiger partial charge in [0.2, 0.25) is 11.0 Å². The van der Waals surface area contributed by atoms with Gasteiger partial charge in [-0.05, 0) is 48.0 Å². The Bertz CT molecular complexity index is 1250. The van der Waals surface area contributed by atoms with E-state index in [0.29, 0.717) is 11.0 Å². The highest BCUT2D eigenvalue weighted by Crippen LogP contribution is 2.55. The molecule has 0 atom stereocenters. The van der Waals surface area contributed by atoms with Crippen LogP contribution in [0.15, 0.2) is 131 Å². The molecule has 4 heteroatoms. The zero-order valence-electron chi connectivity index (χ0n) is 18.0. The van der Waals surface area contributed by atoms with Crippen molar-refractivity contribution in [1.29, 1.82) is 0 Å². The number of benzene rings is 4. The van der Waals surface area contributed by atoms with Crippen LogP contribution in [0.1, 0.15) is 11.5 Å². The summed E-state index contributed by atoms with van der Waals surface area (Å²) >= 11 is 4.81. The molecular weight excluding hydrogens is 441 g/mol. The highest BCUT2D eigenvalue weighted by atomic mass is 32.1. The van der Waals surface area contributed by atoms with Crippen molar-refractivity contribution < 1.29 is 4.42 Å². The van der Waals surface area contributed by atoms with E-state index in [1.807, 2.05) is 48.6 Å². The highest BCUT2D eigenvalue weighted by molar-refractivity contribution is 8.02. The minimum atomic E-state index is -2.33. The van der Waals surface area contributed by atoms with Crippen LogP contribution in [-0.2, 0) is 0 Å². The number of hydrogen-bond acceptors (Lipinski definition) is 3. The van der Waals surface area contributed by atoms with Crippen LogP contribution < -0.4 is 21.3 Å². The first-order valence-electron chi connectivity index (χ1n) is 10.8. The van der Waals surface area contributed by atoms with Crippen LogP contribution in [0.5, 0.6) is 0 Å². The van der Waals surface area contributed by atoms with Crippen LogP contribution in [-0.4, -0.2) is 4.98 Å². The van der Waals surface area contributed by atoms with E-state index >= 15 is 0 Å². The maximum absolute atomic E-state index is 6.10. The molecule has 0 aliphatic rings. The maximum atomic E-state index is 6.10. The molecule has 33 heavy (non-hydrogen) atoms.